The highest BCUT2D eigenvalue weighted by Gasteiger charge is 2.50. The van der Waals surface area contributed by atoms with Crippen LogP contribution in [0.15, 0.2) is 0 Å². The van der Waals surface area contributed by atoms with E-state index in [2.05, 4.69) is 39.5 Å². The van der Waals surface area contributed by atoms with E-state index in [1.807, 2.05) is 0 Å². The van der Waals surface area contributed by atoms with Crippen molar-refractivity contribution in [2.45, 2.75) is 64.3 Å². The number of likely N-dealkylation sites (tertiary alicyclic amines) is 1. The Morgan fingerprint density at radius 2 is 1.87 bits per heavy atom. The van der Waals surface area contributed by atoms with Gasteiger partial charge in [-0.05, 0) is 40.7 Å². The molecule has 1 aliphatic heterocycles. The zero-order valence-corrected chi connectivity index (χ0v) is 11.0. The number of hydrogen-bond acceptors (Lipinski definition) is 3. The smallest absolute Gasteiger partial charge is 0.0900 e. The second-order valence-corrected chi connectivity index (χ2v) is 5.73. The first-order valence-electron chi connectivity index (χ1n) is 5.83. The molecule has 0 bridgehead atoms. The highest BCUT2D eigenvalue weighted by molar-refractivity contribution is 5.07. The average Bonchev–Trinajstić information content (AvgIpc) is 2.00. The largest absolute Gasteiger partial charge is 0.378 e. The Balaban J connectivity index is 3.03. The number of piperidine rings is 1. The predicted octanol–water partition coefficient (Wildman–Crippen LogP) is 1.61. The van der Waals surface area contributed by atoms with Gasteiger partial charge in [0.15, 0.2) is 0 Å². The number of nitrogens with two attached hydrogens (primary N) is 1. The lowest BCUT2D eigenvalue weighted by Gasteiger charge is -2.57. The molecule has 0 radical (unpaired) electrons. The molecule has 15 heavy (non-hydrogen) atoms. The van der Waals surface area contributed by atoms with Crippen molar-refractivity contribution in [1.82, 2.24) is 4.90 Å². The average molecular weight is 214 g/mol. The summed E-state index contributed by atoms with van der Waals surface area (Å²) >= 11 is 0. The molecule has 1 aliphatic rings. The lowest BCUT2D eigenvalue weighted by molar-refractivity contribution is -0.126. The van der Waals surface area contributed by atoms with E-state index in [-0.39, 0.29) is 23.2 Å². The third-order valence-corrected chi connectivity index (χ3v) is 3.82. The van der Waals surface area contributed by atoms with E-state index in [1.54, 1.807) is 7.11 Å². The van der Waals surface area contributed by atoms with Crippen LogP contribution in [0.2, 0.25) is 0 Å². The van der Waals surface area contributed by atoms with Crippen molar-refractivity contribution in [2.75, 3.05) is 13.7 Å². The predicted molar refractivity (Wildman–Crippen MR) is 63.9 cm³/mol. The Hall–Kier alpha value is -0.120. The van der Waals surface area contributed by atoms with Gasteiger partial charge in [0, 0.05) is 24.2 Å². The number of rotatable bonds is 2. The summed E-state index contributed by atoms with van der Waals surface area (Å²) in [6, 6.07) is 0.128. The normalized spacial score (nSPS) is 35.4. The van der Waals surface area contributed by atoms with Gasteiger partial charge in [0.1, 0.15) is 0 Å². The van der Waals surface area contributed by atoms with Gasteiger partial charge in [-0.15, -0.1) is 0 Å². The van der Waals surface area contributed by atoms with Crippen LogP contribution < -0.4 is 5.73 Å². The minimum Gasteiger partial charge on any atom is -0.378 e. The van der Waals surface area contributed by atoms with E-state index < -0.39 is 0 Å². The van der Waals surface area contributed by atoms with Gasteiger partial charge in [-0.2, -0.15) is 0 Å². The summed E-state index contributed by atoms with van der Waals surface area (Å²) < 4.78 is 5.58. The van der Waals surface area contributed by atoms with Gasteiger partial charge < -0.3 is 10.5 Å². The molecule has 1 saturated heterocycles. The van der Waals surface area contributed by atoms with Crippen molar-refractivity contribution >= 4 is 0 Å². The quantitative estimate of drug-likeness (QED) is 0.759. The molecule has 0 amide bonds. The van der Waals surface area contributed by atoms with E-state index in [4.69, 9.17) is 10.5 Å². The van der Waals surface area contributed by atoms with Gasteiger partial charge >= 0.3 is 0 Å². The topological polar surface area (TPSA) is 38.5 Å². The summed E-state index contributed by atoms with van der Waals surface area (Å²) in [5, 5.41) is 0. The fourth-order valence-electron chi connectivity index (χ4n) is 3.55. The molecule has 1 fully saturated rings. The lowest BCUT2D eigenvalue weighted by atomic mass is 9.75. The monoisotopic (exact) mass is 214 g/mol. The third kappa shape index (κ3) is 2.05. The number of hydrogen-bond donors (Lipinski definition) is 1. The molecule has 0 aromatic carbocycles. The first-order chi connectivity index (χ1) is 6.77. The van der Waals surface area contributed by atoms with Crippen molar-refractivity contribution < 1.29 is 4.74 Å². The maximum absolute atomic E-state index is 6.21. The second kappa shape index (κ2) is 4.04. The summed E-state index contributed by atoms with van der Waals surface area (Å²) in [4.78, 5) is 2.50. The molecular weight excluding hydrogens is 188 g/mol. The minimum absolute atomic E-state index is 0.00463. The van der Waals surface area contributed by atoms with Gasteiger partial charge in [-0.1, -0.05) is 6.92 Å². The summed E-state index contributed by atoms with van der Waals surface area (Å²) in [5.41, 5.74) is 6.37. The van der Waals surface area contributed by atoms with Crippen LogP contribution in [0.3, 0.4) is 0 Å². The van der Waals surface area contributed by atoms with Crippen LogP contribution in [0.4, 0.5) is 0 Å². The van der Waals surface area contributed by atoms with Gasteiger partial charge in [0.25, 0.3) is 0 Å². The Morgan fingerprint density at radius 3 is 2.27 bits per heavy atom. The SMILES string of the molecule is CCN1C(C)(C)CC(N)C(OC)C1(C)C. The summed E-state index contributed by atoms with van der Waals surface area (Å²) in [7, 11) is 1.76. The molecule has 2 N–H and O–H groups in total. The van der Waals surface area contributed by atoms with E-state index in [9.17, 15) is 0 Å². The van der Waals surface area contributed by atoms with Crippen molar-refractivity contribution in [3.63, 3.8) is 0 Å². The van der Waals surface area contributed by atoms with Crippen LogP contribution in [0.5, 0.6) is 0 Å². The highest BCUT2D eigenvalue weighted by atomic mass is 16.5. The zero-order valence-electron chi connectivity index (χ0n) is 11.0. The van der Waals surface area contributed by atoms with E-state index in [0.29, 0.717) is 0 Å². The molecule has 0 aromatic rings. The fourth-order valence-corrected chi connectivity index (χ4v) is 3.55. The minimum atomic E-state index is 0.00463. The van der Waals surface area contributed by atoms with Crippen molar-refractivity contribution in [3.05, 3.63) is 0 Å². The standard InChI is InChI=1S/C12H26N2O/c1-7-14-11(2,3)8-9(13)10(15-6)12(14,4)5/h9-10H,7-8,13H2,1-6H3. The first-order valence-corrected chi connectivity index (χ1v) is 5.83. The summed E-state index contributed by atoms with van der Waals surface area (Å²) in [6.45, 7) is 12.2. The second-order valence-electron chi connectivity index (χ2n) is 5.73. The van der Waals surface area contributed by atoms with Gasteiger partial charge in [-0.3, -0.25) is 4.90 Å². The van der Waals surface area contributed by atoms with Crippen molar-refractivity contribution in [3.8, 4) is 0 Å². The van der Waals surface area contributed by atoms with Crippen molar-refractivity contribution in [2.24, 2.45) is 5.73 Å². The van der Waals surface area contributed by atoms with Gasteiger partial charge in [-0.25, -0.2) is 0 Å². The van der Waals surface area contributed by atoms with E-state index in [0.717, 1.165) is 13.0 Å². The van der Waals surface area contributed by atoms with Gasteiger partial charge in [0.05, 0.1) is 6.10 Å². The van der Waals surface area contributed by atoms with Crippen LogP contribution in [0, 0.1) is 0 Å². The van der Waals surface area contributed by atoms with E-state index in [1.165, 1.54) is 0 Å². The highest BCUT2D eigenvalue weighted by Crippen LogP contribution is 2.38. The van der Waals surface area contributed by atoms with Crippen LogP contribution >= 0.6 is 0 Å². The summed E-state index contributed by atoms with van der Waals surface area (Å²) in [6.07, 6.45) is 1.11. The maximum atomic E-state index is 6.21. The first kappa shape index (κ1) is 12.9. The molecule has 2 atom stereocenters. The van der Waals surface area contributed by atoms with Crippen molar-refractivity contribution in [1.29, 1.82) is 0 Å². The Labute approximate surface area is 94.0 Å². The molecule has 1 rings (SSSR count). The fraction of sp³-hybridized carbons (Fsp3) is 1.00. The van der Waals surface area contributed by atoms with Crippen LogP contribution in [0.25, 0.3) is 0 Å². The van der Waals surface area contributed by atoms with E-state index >= 15 is 0 Å². The summed E-state index contributed by atoms with van der Waals surface area (Å²) in [5.74, 6) is 0. The molecular formula is C12H26N2O. The molecule has 2 unspecified atom stereocenters. The number of nitrogens with zero attached hydrogens (tertiary/aromatic N) is 1. The molecule has 1 heterocycles. The Kier molecular flexibility index (Phi) is 3.49. The molecule has 90 valence electrons. The van der Waals surface area contributed by atoms with Crippen LogP contribution in [-0.4, -0.2) is 41.8 Å². The molecule has 3 nitrogen and oxygen atoms in total. The third-order valence-electron chi connectivity index (χ3n) is 3.82. The van der Waals surface area contributed by atoms with Gasteiger partial charge in [0.2, 0.25) is 0 Å². The maximum Gasteiger partial charge on any atom is 0.0900 e. The molecule has 0 aliphatic carbocycles. The van der Waals surface area contributed by atoms with Crippen LogP contribution in [-0.2, 0) is 4.74 Å². The van der Waals surface area contributed by atoms with Crippen LogP contribution in [0.1, 0.15) is 41.0 Å². The zero-order chi connectivity index (χ0) is 11.9. The number of ether oxygens (including phenoxy) is 1. The molecule has 3 heteroatoms. The molecule has 0 aromatic heterocycles. The number of methoxy groups -OCH3 is 1. The molecule has 0 spiro atoms. The lowest BCUT2D eigenvalue weighted by Crippen LogP contribution is -2.70. The number of likely N-dealkylation sites (N-methyl/N-ethyl adjacent to an activating group) is 1. The molecule has 0 saturated carbocycles. The Bertz CT molecular complexity index is 226. The Morgan fingerprint density at radius 1 is 1.33 bits per heavy atom.